The lowest BCUT2D eigenvalue weighted by atomic mass is 9.80. The second-order valence-corrected chi connectivity index (χ2v) is 10.8. The number of carbonyl (C=O) groups is 3. The van der Waals surface area contributed by atoms with Crippen molar-refractivity contribution >= 4 is 55.6 Å². The van der Waals surface area contributed by atoms with Crippen LogP contribution in [-0.2, 0) is 14.4 Å². The first-order valence-electron chi connectivity index (χ1n) is 10.4. The topological polar surface area (TPSA) is 180 Å². The van der Waals surface area contributed by atoms with Gasteiger partial charge in [0.25, 0.3) is 0 Å². The second kappa shape index (κ2) is 12.0. The number of alkyl halides is 2. The van der Waals surface area contributed by atoms with Crippen LogP contribution < -0.4 is 22.1 Å². The zero-order valence-corrected chi connectivity index (χ0v) is 20.3. The Morgan fingerprint density at radius 3 is 2.48 bits per heavy atom. The van der Waals surface area contributed by atoms with Gasteiger partial charge in [-0.05, 0) is 32.1 Å². The van der Waals surface area contributed by atoms with Crippen molar-refractivity contribution in [2.75, 3.05) is 6.54 Å². The van der Waals surface area contributed by atoms with Gasteiger partial charge in [0, 0.05) is 27.5 Å². The summed E-state index contributed by atoms with van der Waals surface area (Å²) in [6, 6.07) is -0.858. The number of halogens is 2. The fourth-order valence-corrected chi connectivity index (χ4v) is 6.56. The predicted molar refractivity (Wildman–Crippen MR) is 123 cm³/mol. The Balaban J connectivity index is 1.91. The van der Waals surface area contributed by atoms with Gasteiger partial charge in [-0.2, -0.15) is 0 Å². The predicted octanol–water partition coefficient (Wildman–Crippen LogP) is 0.192. The Kier molecular flexibility index (Phi) is 10.0. The number of hydrogen-bond donors (Lipinski definition) is 6. The van der Waals surface area contributed by atoms with Crippen LogP contribution in [0.15, 0.2) is 4.99 Å². The van der Waals surface area contributed by atoms with E-state index in [1.807, 2.05) is 0 Å². The van der Waals surface area contributed by atoms with Crippen LogP contribution >= 0.6 is 31.9 Å². The molecule has 8 N–H and O–H groups in total. The van der Waals surface area contributed by atoms with Crippen molar-refractivity contribution in [2.24, 2.45) is 28.3 Å². The molecule has 176 valence electrons. The maximum absolute atomic E-state index is 12.5. The SMILES string of the molecule is NC(N)=NC1CCCC(C(=O)NCC(=O)NC(CC(=O)O)C2CC(Br)CC(Br)C2O)C1. The molecule has 0 radical (unpaired) electrons. The summed E-state index contributed by atoms with van der Waals surface area (Å²) >= 11 is 6.95. The molecule has 0 bridgehead atoms. The minimum Gasteiger partial charge on any atom is -0.481 e. The number of carboxylic acids is 1. The van der Waals surface area contributed by atoms with Gasteiger partial charge in [-0.25, -0.2) is 0 Å². The molecular weight excluding hydrogens is 538 g/mol. The van der Waals surface area contributed by atoms with Crippen molar-refractivity contribution < 1.29 is 24.6 Å². The van der Waals surface area contributed by atoms with Gasteiger partial charge in [-0.3, -0.25) is 19.4 Å². The molecule has 0 aromatic heterocycles. The molecule has 0 saturated heterocycles. The molecular formula is C19H31Br2N5O5. The number of hydrogen-bond acceptors (Lipinski definition) is 5. The standard InChI is InChI=1S/C19H31Br2N5O5/c20-10-5-12(17(30)13(21)6-10)14(7-16(28)29)26-15(27)8-24-18(31)9-2-1-3-11(4-9)25-19(22)23/h9-14,17,30H,1-8H2,(H,24,31)(H,26,27)(H,28,29)(H4,22,23,25). The minimum atomic E-state index is -1.07. The molecule has 31 heavy (non-hydrogen) atoms. The highest BCUT2D eigenvalue weighted by atomic mass is 79.9. The molecule has 0 aromatic rings. The van der Waals surface area contributed by atoms with E-state index in [4.69, 9.17) is 11.5 Å². The van der Waals surface area contributed by atoms with Gasteiger partial charge in [0.15, 0.2) is 5.96 Å². The van der Waals surface area contributed by atoms with Crippen molar-refractivity contribution in [1.82, 2.24) is 10.6 Å². The van der Waals surface area contributed by atoms with E-state index in [0.29, 0.717) is 25.7 Å². The summed E-state index contributed by atoms with van der Waals surface area (Å²) in [4.78, 5) is 40.3. The molecule has 7 atom stereocenters. The molecule has 0 aromatic carbocycles. The first-order chi connectivity index (χ1) is 14.6. The number of guanidine groups is 1. The maximum atomic E-state index is 12.5. The Bertz CT molecular complexity index is 691. The summed E-state index contributed by atoms with van der Waals surface area (Å²) in [6.07, 6.45) is 2.96. The van der Waals surface area contributed by atoms with E-state index < -0.39 is 29.9 Å². The highest BCUT2D eigenvalue weighted by molar-refractivity contribution is 9.10. The number of rotatable bonds is 8. The lowest BCUT2D eigenvalue weighted by Gasteiger charge is -2.39. The van der Waals surface area contributed by atoms with Crippen LogP contribution in [0, 0.1) is 11.8 Å². The smallest absolute Gasteiger partial charge is 0.305 e. The third-order valence-electron chi connectivity index (χ3n) is 5.85. The fraction of sp³-hybridized carbons (Fsp3) is 0.789. The molecule has 0 spiro atoms. The quantitative estimate of drug-likeness (QED) is 0.137. The van der Waals surface area contributed by atoms with Crippen molar-refractivity contribution in [3.05, 3.63) is 0 Å². The number of aliphatic hydroxyl groups is 1. The lowest BCUT2D eigenvalue weighted by Crippen LogP contribution is -2.53. The molecule has 0 heterocycles. The summed E-state index contributed by atoms with van der Waals surface area (Å²) < 4.78 is 0. The highest BCUT2D eigenvalue weighted by Crippen LogP contribution is 2.36. The molecule has 2 amide bonds. The molecule has 10 nitrogen and oxygen atoms in total. The summed E-state index contributed by atoms with van der Waals surface area (Å²) in [7, 11) is 0. The number of aliphatic imine (C=N–C) groups is 1. The molecule has 2 aliphatic carbocycles. The van der Waals surface area contributed by atoms with E-state index in [-0.39, 0.29) is 46.4 Å². The average Bonchev–Trinajstić information content (AvgIpc) is 2.67. The molecule has 0 aliphatic heterocycles. The summed E-state index contributed by atoms with van der Waals surface area (Å²) in [5, 5.41) is 25.1. The number of amides is 2. The Labute approximate surface area is 198 Å². The van der Waals surface area contributed by atoms with Crippen molar-refractivity contribution in [2.45, 2.75) is 72.8 Å². The van der Waals surface area contributed by atoms with Crippen LogP contribution in [0.25, 0.3) is 0 Å². The Hall–Kier alpha value is -1.40. The minimum absolute atomic E-state index is 0.00348. The molecule has 2 saturated carbocycles. The lowest BCUT2D eigenvalue weighted by molar-refractivity contribution is -0.139. The zero-order chi connectivity index (χ0) is 23.1. The Morgan fingerprint density at radius 1 is 1.13 bits per heavy atom. The Morgan fingerprint density at radius 2 is 1.84 bits per heavy atom. The van der Waals surface area contributed by atoms with Crippen molar-refractivity contribution in [3.63, 3.8) is 0 Å². The first kappa shape index (κ1) is 25.9. The van der Waals surface area contributed by atoms with Crippen molar-refractivity contribution in [3.8, 4) is 0 Å². The summed E-state index contributed by atoms with van der Waals surface area (Å²) in [5.41, 5.74) is 10.8. The van der Waals surface area contributed by atoms with Crippen LogP contribution in [0.5, 0.6) is 0 Å². The van der Waals surface area contributed by atoms with E-state index >= 15 is 0 Å². The van der Waals surface area contributed by atoms with Crippen LogP contribution in [0.4, 0.5) is 0 Å². The molecule has 2 fully saturated rings. The first-order valence-corrected chi connectivity index (χ1v) is 12.2. The van der Waals surface area contributed by atoms with Gasteiger partial charge < -0.3 is 32.3 Å². The highest BCUT2D eigenvalue weighted by Gasteiger charge is 2.40. The summed E-state index contributed by atoms with van der Waals surface area (Å²) in [5.74, 6) is -2.54. The van der Waals surface area contributed by atoms with E-state index in [1.54, 1.807) is 0 Å². The number of nitrogens with zero attached hydrogens (tertiary/aromatic N) is 1. The number of nitrogens with two attached hydrogens (primary N) is 2. The molecule has 12 heteroatoms. The number of aliphatic carboxylic acids is 1. The van der Waals surface area contributed by atoms with E-state index in [1.165, 1.54) is 0 Å². The molecule has 7 unspecified atom stereocenters. The maximum Gasteiger partial charge on any atom is 0.305 e. The zero-order valence-electron chi connectivity index (χ0n) is 17.2. The van der Waals surface area contributed by atoms with Gasteiger partial charge in [-0.15, -0.1) is 0 Å². The van der Waals surface area contributed by atoms with Gasteiger partial charge >= 0.3 is 5.97 Å². The number of carbonyl (C=O) groups excluding carboxylic acids is 2. The van der Waals surface area contributed by atoms with E-state index in [9.17, 15) is 24.6 Å². The van der Waals surface area contributed by atoms with Gasteiger partial charge in [0.2, 0.25) is 11.8 Å². The van der Waals surface area contributed by atoms with Gasteiger partial charge in [-0.1, -0.05) is 38.3 Å². The second-order valence-electron chi connectivity index (χ2n) is 8.30. The van der Waals surface area contributed by atoms with Gasteiger partial charge in [0.1, 0.15) is 0 Å². The molecule has 2 aliphatic rings. The van der Waals surface area contributed by atoms with Crippen LogP contribution in [0.1, 0.15) is 44.9 Å². The van der Waals surface area contributed by atoms with E-state index in [0.717, 1.165) is 12.8 Å². The number of nitrogens with one attached hydrogen (secondary N) is 2. The number of carboxylic acid groups (broad SMARTS) is 1. The molecule has 2 rings (SSSR count). The fourth-order valence-electron chi connectivity index (χ4n) is 4.38. The third kappa shape index (κ3) is 8.23. The van der Waals surface area contributed by atoms with E-state index in [2.05, 4.69) is 47.5 Å². The van der Waals surface area contributed by atoms with Crippen LogP contribution in [0.3, 0.4) is 0 Å². The van der Waals surface area contributed by atoms with Crippen LogP contribution in [-0.4, -0.2) is 68.3 Å². The monoisotopic (exact) mass is 567 g/mol. The van der Waals surface area contributed by atoms with Crippen LogP contribution in [0.2, 0.25) is 0 Å². The third-order valence-corrected chi connectivity index (χ3v) is 7.51. The van der Waals surface area contributed by atoms with Crippen molar-refractivity contribution in [1.29, 1.82) is 0 Å². The van der Waals surface area contributed by atoms with Gasteiger partial charge in [0.05, 0.1) is 25.1 Å². The summed E-state index contributed by atoms with van der Waals surface area (Å²) in [6.45, 7) is -0.267. The normalized spacial score (nSPS) is 31.8. The largest absolute Gasteiger partial charge is 0.481 e. The number of aliphatic hydroxyl groups excluding tert-OH is 1. The average molecular weight is 569 g/mol.